The maximum absolute atomic E-state index is 12.6. The number of ketones is 1. The van der Waals surface area contributed by atoms with Crippen LogP contribution >= 0.6 is 0 Å². The Morgan fingerprint density at radius 3 is 1.77 bits per heavy atom. The highest BCUT2D eigenvalue weighted by molar-refractivity contribution is 5.78. The maximum Gasteiger partial charge on any atom is 0.312 e. The summed E-state index contributed by atoms with van der Waals surface area (Å²) >= 11 is 0. The highest BCUT2D eigenvalue weighted by Crippen LogP contribution is 2.44. The van der Waals surface area contributed by atoms with Gasteiger partial charge in [-0.25, -0.2) is 0 Å². The summed E-state index contributed by atoms with van der Waals surface area (Å²) in [5.74, 6) is -0.392. The van der Waals surface area contributed by atoms with E-state index in [4.69, 9.17) is 4.74 Å². The molecule has 0 bridgehead atoms. The molecule has 1 N–H and O–H groups in total. The van der Waals surface area contributed by atoms with Crippen LogP contribution in [0.1, 0.15) is 122 Å². The summed E-state index contributed by atoms with van der Waals surface area (Å²) in [5.41, 5.74) is -0.826. The first-order valence-corrected chi connectivity index (χ1v) is 12.4. The van der Waals surface area contributed by atoms with E-state index >= 15 is 0 Å². The molecule has 2 aliphatic rings. The third-order valence-electron chi connectivity index (χ3n) is 7.46. The normalized spacial score (nSPS) is 19.6. The van der Waals surface area contributed by atoms with Crippen molar-refractivity contribution in [2.75, 3.05) is 6.61 Å². The highest BCUT2D eigenvalue weighted by Gasteiger charge is 2.42. The average Bonchev–Trinajstić information content (AvgIpc) is 3.40. The molecule has 0 unspecified atom stereocenters. The fraction of sp³-hybridized carbons (Fsp3) is 0.880. The summed E-state index contributed by atoms with van der Waals surface area (Å²) < 4.78 is 5.53. The van der Waals surface area contributed by atoms with E-state index in [2.05, 4.69) is 6.92 Å². The van der Waals surface area contributed by atoms with Crippen molar-refractivity contribution in [3.05, 3.63) is 0 Å². The summed E-state index contributed by atoms with van der Waals surface area (Å²) in [6, 6.07) is 0. The number of hydrogen-bond donors (Lipinski definition) is 1. The van der Waals surface area contributed by atoms with Gasteiger partial charge in [0.15, 0.2) is 0 Å². The van der Waals surface area contributed by atoms with Crippen LogP contribution in [-0.2, 0) is 19.1 Å². The Bertz CT molecular complexity index is 556. The number of hydrogen-bond acceptors (Lipinski definition) is 4. The number of unbranched alkanes of at least 4 members (excludes halogenated alkanes) is 3. The summed E-state index contributed by atoms with van der Waals surface area (Å²) in [5, 5.41) is 9.53. The topological polar surface area (TPSA) is 80.7 Å². The lowest BCUT2D eigenvalue weighted by atomic mass is 9.80. The summed E-state index contributed by atoms with van der Waals surface area (Å²) in [7, 11) is 0. The molecule has 2 saturated carbocycles. The molecule has 0 atom stereocenters. The second-order valence-electron chi connectivity index (χ2n) is 9.72. The largest absolute Gasteiger partial charge is 0.481 e. The van der Waals surface area contributed by atoms with Gasteiger partial charge in [0.05, 0.1) is 17.4 Å². The Hall–Kier alpha value is -1.39. The lowest BCUT2D eigenvalue weighted by Crippen LogP contribution is -2.30. The molecule has 0 aliphatic heterocycles. The average molecular weight is 423 g/mol. The van der Waals surface area contributed by atoms with Gasteiger partial charge in [0.1, 0.15) is 5.78 Å². The van der Waals surface area contributed by atoms with Gasteiger partial charge >= 0.3 is 11.9 Å². The molecule has 2 fully saturated rings. The molecule has 0 saturated heterocycles. The summed E-state index contributed by atoms with van der Waals surface area (Å²) in [6.07, 6.45) is 15.6. The quantitative estimate of drug-likeness (QED) is 0.250. The zero-order valence-electron chi connectivity index (χ0n) is 19.0. The van der Waals surface area contributed by atoms with Crippen LogP contribution in [-0.4, -0.2) is 29.4 Å². The summed E-state index contributed by atoms with van der Waals surface area (Å²) in [4.78, 5) is 36.4. The number of esters is 1. The number of Topliss-reactive ketones (excluding diaryl/α,β-unsaturated/α-hetero) is 1. The molecular formula is C25H42O5. The fourth-order valence-electron chi connectivity index (χ4n) is 5.39. The van der Waals surface area contributed by atoms with Crippen molar-refractivity contribution in [1.82, 2.24) is 0 Å². The molecule has 2 rings (SSSR count). The predicted octanol–water partition coefficient (Wildman–Crippen LogP) is 6.23. The molecule has 0 radical (unpaired) electrons. The Kier molecular flexibility index (Phi) is 10.3. The van der Waals surface area contributed by atoms with E-state index in [0.29, 0.717) is 25.9 Å². The zero-order chi connectivity index (χ0) is 21.9. The highest BCUT2D eigenvalue weighted by atomic mass is 16.5. The van der Waals surface area contributed by atoms with Gasteiger partial charge in [-0.3, -0.25) is 14.4 Å². The second kappa shape index (κ2) is 12.5. The monoisotopic (exact) mass is 422 g/mol. The van der Waals surface area contributed by atoms with Crippen LogP contribution in [0.4, 0.5) is 0 Å². The molecule has 0 aromatic heterocycles. The van der Waals surface area contributed by atoms with Gasteiger partial charge in [0, 0.05) is 12.8 Å². The van der Waals surface area contributed by atoms with Crippen LogP contribution in [0.2, 0.25) is 0 Å². The number of carbonyl (C=O) groups excluding carboxylic acids is 2. The van der Waals surface area contributed by atoms with E-state index in [1.165, 1.54) is 0 Å². The van der Waals surface area contributed by atoms with Crippen molar-refractivity contribution in [1.29, 1.82) is 0 Å². The van der Waals surface area contributed by atoms with Gasteiger partial charge in [-0.1, -0.05) is 51.9 Å². The Labute approximate surface area is 182 Å². The number of ether oxygens (including phenoxy) is 1. The predicted molar refractivity (Wildman–Crippen MR) is 117 cm³/mol. The zero-order valence-corrected chi connectivity index (χ0v) is 19.0. The van der Waals surface area contributed by atoms with Crippen molar-refractivity contribution in [2.24, 2.45) is 10.8 Å². The number of rotatable bonds is 15. The first-order valence-electron chi connectivity index (χ1n) is 12.4. The lowest BCUT2D eigenvalue weighted by molar-refractivity contribution is -0.156. The molecule has 30 heavy (non-hydrogen) atoms. The molecule has 0 heterocycles. The van der Waals surface area contributed by atoms with E-state index in [0.717, 1.165) is 96.3 Å². The SMILES string of the molecule is CCCCOC(=O)C1(CCCCC(=O)CCCCC2(C(=O)O)CCCC2)CCCC1. The first-order chi connectivity index (χ1) is 14.4. The van der Waals surface area contributed by atoms with Crippen molar-refractivity contribution >= 4 is 17.7 Å². The van der Waals surface area contributed by atoms with Gasteiger partial charge in [-0.2, -0.15) is 0 Å². The smallest absolute Gasteiger partial charge is 0.312 e. The number of aliphatic carboxylic acids is 1. The minimum Gasteiger partial charge on any atom is -0.481 e. The second-order valence-corrected chi connectivity index (χ2v) is 9.72. The van der Waals surface area contributed by atoms with Crippen molar-refractivity contribution in [3.63, 3.8) is 0 Å². The van der Waals surface area contributed by atoms with E-state index < -0.39 is 11.4 Å². The fourth-order valence-corrected chi connectivity index (χ4v) is 5.39. The number of carboxylic acids is 1. The van der Waals surface area contributed by atoms with Gasteiger partial charge in [-0.05, 0) is 57.8 Å². The molecule has 0 spiro atoms. The van der Waals surface area contributed by atoms with Crippen LogP contribution in [0.5, 0.6) is 0 Å². The third kappa shape index (κ3) is 7.09. The molecular weight excluding hydrogens is 380 g/mol. The van der Waals surface area contributed by atoms with Crippen molar-refractivity contribution in [3.8, 4) is 0 Å². The first kappa shape index (κ1) is 24.9. The molecule has 0 aromatic carbocycles. The van der Waals surface area contributed by atoms with E-state index in [1.54, 1.807) is 0 Å². The summed E-state index contributed by atoms with van der Waals surface area (Å²) in [6.45, 7) is 2.62. The standard InChI is InChI=1S/C25H42O5/c1-2-3-20-30-23(29)25(18-10-11-19-25)17-7-5-13-21(26)12-4-6-14-24(22(27)28)15-8-9-16-24/h2-20H2,1H3,(H,27,28). The van der Waals surface area contributed by atoms with Crippen molar-refractivity contribution in [2.45, 2.75) is 122 Å². The lowest BCUT2D eigenvalue weighted by Gasteiger charge is -2.26. The Balaban J connectivity index is 1.61. The minimum absolute atomic E-state index is 0.0148. The van der Waals surface area contributed by atoms with Gasteiger partial charge in [-0.15, -0.1) is 0 Å². The molecule has 0 aromatic rings. The van der Waals surface area contributed by atoms with Gasteiger partial charge < -0.3 is 9.84 Å². The molecule has 5 nitrogen and oxygen atoms in total. The van der Waals surface area contributed by atoms with Crippen LogP contribution in [0.15, 0.2) is 0 Å². The molecule has 2 aliphatic carbocycles. The Morgan fingerprint density at radius 1 is 0.767 bits per heavy atom. The Morgan fingerprint density at radius 2 is 1.27 bits per heavy atom. The van der Waals surface area contributed by atoms with Gasteiger partial charge in [0.25, 0.3) is 0 Å². The van der Waals surface area contributed by atoms with Crippen LogP contribution in [0.3, 0.4) is 0 Å². The van der Waals surface area contributed by atoms with Gasteiger partial charge in [0.2, 0.25) is 0 Å². The van der Waals surface area contributed by atoms with Crippen molar-refractivity contribution < 1.29 is 24.2 Å². The minimum atomic E-state index is -0.652. The third-order valence-corrected chi connectivity index (χ3v) is 7.46. The van der Waals surface area contributed by atoms with Crippen LogP contribution in [0.25, 0.3) is 0 Å². The van der Waals surface area contributed by atoms with E-state index in [1.807, 2.05) is 0 Å². The molecule has 5 heteroatoms. The van der Waals surface area contributed by atoms with E-state index in [-0.39, 0.29) is 17.2 Å². The van der Waals surface area contributed by atoms with Crippen LogP contribution in [0, 0.1) is 10.8 Å². The maximum atomic E-state index is 12.6. The molecule has 0 amide bonds. The van der Waals surface area contributed by atoms with Crippen LogP contribution < -0.4 is 0 Å². The number of carboxylic acid groups (broad SMARTS) is 1. The number of carbonyl (C=O) groups is 3. The molecule has 172 valence electrons. The van der Waals surface area contributed by atoms with E-state index in [9.17, 15) is 19.5 Å².